The average molecular weight is 279 g/mol. The molecule has 0 saturated heterocycles. The van der Waals surface area contributed by atoms with Gasteiger partial charge in [-0.15, -0.1) is 0 Å². The van der Waals surface area contributed by atoms with Crippen LogP contribution in [0.4, 0.5) is 11.9 Å². The number of thioether (sulfide) groups is 1. The van der Waals surface area contributed by atoms with Gasteiger partial charge in [0.05, 0.1) is 0 Å². The first-order valence-electron chi connectivity index (χ1n) is 5.91. The van der Waals surface area contributed by atoms with Crippen LogP contribution in [-0.4, -0.2) is 43.1 Å². The molecule has 102 valence electrons. The van der Waals surface area contributed by atoms with Gasteiger partial charge in [-0.3, -0.25) is 4.57 Å². The molecule has 0 aromatic carbocycles. The predicted octanol–water partition coefficient (Wildman–Crippen LogP) is 1.05. The number of hydrogen-bond donors (Lipinski definition) is 2. The highest BCUT2D eigenvalue weighted by atomic mass is 32.2. The molecule has 0 radical (unpaired) electrons. The van der Waals surface area contributed by atoms with Gasteiger partial charge in [0.2, 0.25) is 17.8 Å². The maximum absolute atomic E-state index is 5.69. The molecule has 0 bridgehead atoms. The van der Waals surface area contributed by atoms with Crippen molar-refractivity contribution >= 4 is 23.7 Å². The van der Waals surface area contributed by atoms with Gasteiger partial charge in [0.15, 0.2) is 0 Å². The van der Waals surface area contributed by atoms with Crippen LogP contribution in [0.2, 0.25) is 0 Å². The second-order valence-corrected chi connectivity index (χ2v) is 5.14. The van der Waals surface area contributed by atoms with Crippen LogP contribution in [0.5, 0.6) is 0 Å². The molecule has 7 nitrogen and oxygen atoms in total. The zero-order chi connectivity index (χ0) is 13.7. The van der Waals surface area contributed by atoms with E-state index in [0.717, 1.165) is 12.3 Å². The summed E-state index contributed by atoms with van der Waals surface area (Å²) in [6.45, 7) is 2.97. The molecule has 0 fully saturated rings. The summed E-state index contributed by atoms with van der Waals surface area (Å²) in [7, 11) is 0. The summed E-state index contributed by atoms with van der Waals surface area (Å²) in [4.78, 5) is 16.4. The second kappa shape index (κ2) is 6.37. The smallest absolute Gasteiger partial charge is 0.241 e. The normalized spacial score (nSPS) is 12.3. The van der Waals surface area contributed by atoms with Crippen LogP contribution in [0.15, 0.2) is 18.7 Å². The molecule has 0 amide bonds. The van der Waals surface area contributed by atoms with Gasteiger partial charge in [0.25, 0.3) is 0 Å². The van der Waals surface area contributed by atoms with E-state index in [-0.39, 0.29) is 5.95 Å². The highest BCUT2D eigenvalue weighted by Gasteiger charge is 2.07. The number of aromatic nitrogens is 5. The van der Waals surface area contributed by atoms with Crippen molar-refractivity contribution in [2.45, 2.75) is 6.92 Å². The third-order valence-corrected chi connectivity index (χ3v) is 3.34. The van der Waals surface area contributed by atoms with Gasteiger partial charge in [-0.2, -0.15) is 26.7 Å². The summed E-state index contributed by atoms with van der Waals surface area (Å²) >= 11 is 1.82. The first-order chi connectivity index (χ1) is 9.19. The van der Waals surface area contributed by atoms with Gasteiger partial charge in [-0.25, -0.2) is 4.98 Å². The summed E-state index contributed by atoms with van der Waals surface area (Å²) in [5.74, 6) is 2.76. The van der Waals surface area contributed by atoms with Crippen LogP contribution < -0.4 is 11.1 Å². The molecule has 0 spiro atoms. The lowest BCUT2D eigenvalue weighted by atomic mass is 10.2. The van der Waals surface area contributed by atoms with Crippen molar-refractivity contribution in [2.75, 3.05) is 29.6 Å². The second-order valence-electron chi connectivity index (χ2n) is 4.23. The van der Waals surface area contributed by atoms with Gasteiger partial charge in [0.1, 0.15) is 6.33 Å². The molecule has 2 rings (SSSR count). The maximum Gasteiger partial charge on any atom is 0.241 e. The summed E-state index contributed by atoms with van der Waals surface area (Å²) in [6, 6.07) is 0. The monoisotopic (exact) mass is 279 g/mol. The van der Waals surface area contributed by atoms with Crippen LogP contribution >= 0.6 is 11.8 Å². The number of imidazole rings is 1. The molecule has 0 aliphatic carbocycles. The molecule has 2 aromatic heterocycles. The number of nitrogens with two attached hydrogens (primary N) is 1. The Bertz CT molecular complexity index is 514. The predicted molar refractivity (Wildman–Crippen MR) is 77.4 cm³/mol. The van der Waals surface area contributed by atoms with E-state index in [1.807, 2.05) is 11.8 Å². The van der Waals surface area contributed by atoms with Crippen LogP contribution in [-0.2, 0) is 0 Å². The Morgan fingerprint density at radius 2 is 2.26 bits per heavy atom. The minimum atomic E-state index is 0.193. The Morgan fingerprint density at radius 3 is 2.95 bits per heavy atom. The molecule has 1 unspecified atom stereocenters. The fourth-order valence-corrected chi connectivity index (χ4v) is 2.25. The van der Waals surface area contributed by atoms with Gasteiger partial charge in [-0.05, 0) is 17.9 Å². The average Bonchev–Trinajstić information content (AvgIpc) is 2.90. The fraction of sp³-hybridized carbons (Fsp3) is 0.455. The van der Waals surface area contributed by atoms with E-state index < -0.39 is 0 Å². The van der Waals surface area contributed by atoms with Crippen LogP contribution in [0.25, 0.3) is 5.95 Å². The molecule has 19 heavy (non-hydrogen) atoms. The summed E-state index contributed by atoms with van der Waals surface area (Å²) in [6.07, 6.45) is 7.13. The SMILES string of the molecule is CSCC(C)CNc1nc(N)nc(-n2ccnc2)n1. The van der Waals surface area contributed by atoms with Gasteiger partial charge >= 0.3 is 0 Å². The summed E-state index contributed by atoms with van der Waals surface area (Å²) < 4.78 is 1.69. The molecule has 8 heteroatoms. The maximum atomic E-state index is 5.69. The molecule has 0 aliphatic heterocycles. The first-order valence-corrected chi connectivity index (χ1v) is 7.31. The number of nitrogens with one attached hydrogen (secondary N) is 1. The van der Waals surface area contributed by atoms with Crippen LogP contribution in [0, 0.1) is 5.92 Å². The zero-order valence-corrected chi connectivity index (χ0v) is 11.8. The summed E-state index contributed by atoms with van der Waals surface area (Å²) in [5.41, 5.74) is 5.69. The highest BCUT2D eigenvalue weighted by molar-refractivity contribution is 7.98. The molecule has 2 heterocycles. The molecular weight excluding hydrogens is 262 g/mol. The Balaban J connectivity index is 2.09. The minimum absolute atomic E-state index is 0.193. The zero-order valence-electron chi connectivity index (χ0n) is 10.9. The Morgan fingerprint density at radius 1 is 1.42 bits per heavy atom. The quantitative estimate of drug-likeness (QED) is 0.816. The lowest BCUT2D eigenvalue weighted by molar-refractivity contribution is 0.695. The van der Waals surface area contributed by atoms with Crippen molar-refractivity contribution < 1.29 is 0 Å². The van der Waals surface area contributed by atoms with Crippen molar-refractivity contribution in [3.63, 3.8) is 0 Å². The van der Waals surface area contributed by atoms with E-state index in [1.54, 1.807) is 23.3 Å². The van der Waals surface area contributed by atoms with E-state index in [4.69, 9.17) is 5.73 Å². The van der Waals surface area contributed by atoms with E-state index in [0.29, 0.717) is 17.8 Å². The van der Waals surface area contributed by atoms with E-state index in [9.17, 15) is 0 Å². The lowest BCUT2D eigenvalue weighted by Gasteiger charge is -2.11. The largest absolute Gasteiger partial charge is 0.368 e. The van der Waals surface area contributed by atoms with E-state index in [1.165, 1.54) is 0 Å². The van der Waals surface area contributed by atoms with Crippen molar-refractivity contribution in [2.24, 2.45) is 5.92 Å². The molecular formula is C11H17N7S. The topological polar surface area (TPSA) is 94.5 Å². The fourth-order valence-electron chi connectivity index (χ4n) is 1.56. The van der Waals surface area contributed by atoms with Crippen molar-refractivity contribution in [1.29, 1.82) is 0 Å². The van der Waals surface area contributed by atoms with E-state index in [2.05, 4.69) is 38.4 Å². The number of rotatable bonds is 6. The van der Waals surface area contributed by atoms with Crippen molar-refractivity contribution in [3.8, 4) is 5.95 Å². The van der Waals surface area contributed by atoms with E-state index >= 15 is 0 Å². The van der Waals surface area contributed by atoms with Crippen molar-refractivity contribution in [3.05, 3.63) is 18.7 Å². The van der Waals surface area contributed by atoms with Crippen LogP contribution in [0.3, 0.4) is 0 Å². The molecule has 3 N–H and O–H groups in total. The number of nitrogens with zero attached hydrogens (tertiary/aromatic N) is 5. The third-order valence-electron chi connectivity index (χ3n) is 2.44. The van der Waals surface area contributed by atoms with Gasteiger partial charge in [-0.1, -0.05) is 6.92 Å². The Hall–Kier alpha value is -1.83. The minimum Gasteiger partial charge on any atom is -0.368 e. The Kier molecular flexibility index (Phi) is 4.56. The third kappa shape index (κ3) is 3.82. The van der Waals surface area contributed by atoms with Crippen molar-refractivity contribution in [1.82, 2.24) is 24.5 Å². The molecule has 0 aliphatic rings. The molecule has 2 aromatic rings. The molecule has 0 saturated carbocycles. The van der Waals surface area contributed by atoms with Gasteiger partial charge < -0.3 is 11.1 Å². The summed E-state index contributed by atoms with van der Waals surface area (Å²) in [5, 5.41) is 3.18. The van der Waals surface area contributed by atoms with Crippen LogP contribution in [0.1, 0.15) is 6.92 Å². The number of hydrogen-bond acceptors (Lipinski definition) is 7. The van der Waals surface area contributed by atoms with Gasteiger partial charge in [0, 0.05) is 18.9 Å². The number of anilines is 2. The Labute approximate surface area is 116 Å². The standard InChI is InChI=1S/C11H17N7S/c1-8(6-19-2)5-14-10-15-9(12)16-11(17-10)18-4-3-13-7-18/h3-4,7-8H,5-6H2,1-2H3,(H3,12,14,15,16,17). The first kappa shape index (κ1) is 13.6. The molecule has 1 atom stereocenters. The number of nitrogen functional groups attached to an aromatic ring is 1. The lowest BCUT2D eigenvalue weighted by Crippen LogP contribution is -2.17. The highest BCUT2D eigenvalue weighted by Crippen LogP contribution is 2.09.